The Morgan fingerprint density at radius 2 is 1.86 bits per heavy atom. The standard InChI is InChI=1S/C14H17F3N2O2S/c15-14(16,17)11-3-1-4-12(18-11)19-8-7-13(5-2-6-13)22(20,21)10-9-19/h1,3-4H,2,5-10H2. The summed E-state index contributed by atoms with van der Waals surface area (Å²) >= 11 is 0. The second-order valence-electron chi connectivity index (χ2n) is 5.97. The van der Waals surface area contributed by atoms with Crippen molar-refractivity contribution in [2.75, 3.05) is 23.7 Å². The highest BCUT2D eigenvalue weighted by Gasteiger charge is 2.49. The van der Waals surface area contributed by atoms with Gasteiger partial charge in [0.15, 0.2) is 9.84 Å². The third-order valence-corrected chi connectivity index (χ3v) is 7.39. The molecule has 0 amide bonds. The zero-order chi connectivity index (χ0) is 16.0. The minimum absolute atomic E-state index is 0.0229. The number of aromatic nitrogens is 1. The van der Waals surface area contributed by atoms with Crippen LogP contribution in [0.4, 0.5) is 19.0 Å². The van der Waals surface area contributed by atoms with Crippen LogP contribution in [-0.2, 0) is 16.0 Å². The average molecular weight is 334 g/mol. The molecule has 0 N–H and O–H groups in total. The molecule has 8 heteroatoms. The Morgan fingerprint density at radius 1 is 1.14 bits per heavy atom. The first-order valence-corrected chi connectivity index (χ1v) is 8.90. The molecule has 1 aromatic rings. The number of nitrogens with zero attached hydrogens (tertiary/aromatic N) is 2. The van der Waals surface area contributed by atoms with Gasteiger partial charge in [-0.25, -0.2) is 13.4 Å². The van der Waals surface area contributed by atoms with Gasteiger partial charge in [-0.2, -0.15) is 13.2 Å². The third kappa shape index (κ3) is 2.57. The van der Waals surface area contributed by atoms with Crippen LogP contribution in [0.25, 0.3) is 0 Å². The summed E-state index contributed by atoms with van der Waals surface area (Å²) < 4.78 is 62.4. The number of sulfone groups is 1. The predicted octanol–water partition coefficient (Wildman–Crippen LogP) is 2.65. The highest BCUT2D eigenvalue weighted by molar-refractivity contribution is 7.92. The summed E-state index contributed by atoms with van der Waals surface area (Å²) in [6.45, 7) is 0.617. The summed E-state index contributed by atoms with van der Waals surface area (Å²) in [5, 5.41) is 0. The van der Waals surface area contributed by atoms with E-state index in [2.05, 4.69) is 4.98 Å². The van der Waals surface area contributed by atoms with Gasteiger partial charge in [-0.3, -0.25) is 0 Å². The molecule has 1 aromatic heterocycles. The first-order chi connectivity index (χ1) is 10.2. The average Bonchev–Trinajstić information content (AvgIpc) is 2.53. The van der Waals surface area contributed by atoms with E-state index < -0.39 is 26.5 Å². The largest absolute Gasteiger partial charge is 0.433 e. The van der Waals surface area contributed by atoms with Crippen molar-refractivity contribution in [3.8, 4) is 0 Å². The zero-order valence-corrected chi connectivity index (χ0v) is 12.8. The number of anilines is 1. The van der Waals surface area contributed by atoms with E-state index >= 15 is 0 Å². The lowest BCUT2D eigenvalue weighted by molar-refractivity contribution is -0.141. The van der Waals surface area contributed by atoms with E-state index in [1.807, 2.05) is 0 Å². The van der Waals surface area contributed by atoms with E-state index in [1.165, 1.54) is 12.1 Å². The summed E-state index contributed by atoms with van der Waals surface area (Å²) in [6.07, 6.45) is -1.80. The summed E-state index contributed by atoms with van der Waals surface area (Å²) in [5.41, 5.74) is -0.949. The van der Waals surface area contributed by atoms with E-state index in [0.29, 0.717) is 25.8 Å². The van der Waals surface area contributed by atoms with E-state index in [0.717, 1.165) is 12.5 Å². The molecule has 22 heavy (non-hydrogen) atoms. The van der Waals surface area contributed by atoms with Gasteiger partial charge >= 0.3 is 6.18 Å². The molecular weight excluding hydrogens is 317 g/mol. The van der Waals surface area contributed by atoms with Gasteiger partial charge in [-0.15, -0.1) is 0 Å². The second kappa shape index (κ2) is 5.11. The Bertz CT molecular complexity index is 669. The van der Waals surface area contributed by atoms with Crippen LogP contribution < -0.4 is 4.90 Å². The van der Waals surface area contributed by atoms with Crippen LogP contribution in [0.5, 0.6) is 0 Å². The second-order valence-corrected chi connectivity index (χ2v) is 8.48. The van der Waals surface area contributed by atoms with Crippen LogP contribution in [0.3, 0.4) is 0 Å². The quantitative estimate of drug-likeness (QED) is 0.792. The number of halogens is 3. The van der Waals surface area contributed by atoms with E-state index in [4.69, 9.17) is 0 Å². The lowest BCUT2D eigenvalue weighted by atomic mass is 9.81. The van der Waals surface area contributed by atoms with Crippen molar-refractivity contribution in [1.29, 1.82) is 0 Å². The molecule has 4 nitrogen and oxygen atoms in total. The van der Waals surface area contributed by atoms with Gasteiger partial charge < -0.3 is 4.90 Å². The molecule has 1 spiro atoms. The van der Waals surface area contributed by atoms with Crippen molar-refractivity contribution in [2.45, 2.75) is 36.6 Å². The molecule has 0 atom stereocenters. The Balaban J connectivity index is 1.85. The number of rotatable bonds is 1. The van der Waals surface area contributed by atoms with Gasteiger partial charge in [-0.05, 0) is 31.4 Å². The highest BCUT2D eigenvalue weighted by Crippen LogP contribution is 2.44. The van der Waals surface area contributed by atoms with Crippen LogP contribution in [0.2, 0.25) is 0 Å². The van der Waals surface area contributed by atoms with Gasteiger partial charge in [0, 0.05) is 13.1 Å². The fourth-order valence-corrected chi connectivity index (χ4v) is 5.38. The summed E-state index contributed by atoms with van der Waals surface area (Å²) in [6, 6.07) is 3.73. The first kappa shape index (κ1) is 15.6. The minimum atomic E-state index is -4.50. The molecule has 122 valence electrons. The molecule has 0 aromatic carbocycles. The van der Waals surface area contributed by atoms with Crippen molar-refractivity contribution >= 4 is 15.7 Å². The van der Waals surface area contributed by atoms with Crippen LogP contribution in [0.1, 0.15) is 31.4 Å². The van der Waals surface area contributed by atoms with Crippen molar-refractivity contribution in [2.24, 2.45) is 0 Å². The topological polar surface area (TPSA) is 50.3 Å². The molecule has 2 aliphatic rings. The highest BCUT2D eigenvalue weighted by atomic mass is 32.2. The van der Waals surface area contributed by atoms with Crippen molar-refractivity contribution < 1.29 is 21.6 Å². The van der Waals surface area contributed by atoms with Gasteiger partial charge in [-0.1, -0.05) is 12.5 Å². The SMILES string of the molecule is O=S1(=O)CCN(c2cccc(C(F)(F)F)n2)CCC12CCC2. The summed E-state index contributed by atoms with van der Waals surface area (Å²) in [5.74, 6) is 0.173. The van der Waals surface area contributed by atoms with Gasteiger partial charge in [0.25, 0.3) is 0 Å². The van der Waals surface area contributed by atoms with E-state index in [1.54, 1.807) is 4.90 Å². The number of hydrogen-bond donors (Lipinski definition) is 0. The molecule has 1 aliphatic carbocycles. The van der Waals surface area contributed by atoms with Crippen molar-refractivity contribution in [3.05, 3.63) is 23.9 Å². The molecule has 1 saturated carbocycles. The maximum absolute atomic E-state index is 12.7. The first-order valence-electron chi connectivity index (χ1n) is 7.25. The molecule has 2 fully saturated rings. The lowest BCUT2D eigenvalue weighted by Gasteiger charge is -2.40. The Morgan fingerprint density at radius 3 is 2.45 bits per heavy atom. The van der Waals surface area contributed by atoms with Gasteiger partial charge in [0.2, 0.25) is 0 Å². The van der Waals surface area contributed by atoms with E-state index in [-0.39, 0.29) is 18.1 Å². The summed E-state index contributed by atoms with van der Waals surface area (Å²) in [7, 11) is -3.19. The molecule has 1 saturated heterocycles. The maximum atomic E-state index is 12.7. The van der Waals surface area contributed by atoms with E-state index in [9.17, 15) is 21.6 Å². The van der Waals surface area contributed by atoms with Crippen LogP contribution in [0.15, 0.2) is 18.2 Å². The van der Waals surface area contributed by atoms with Crippen molar-refractivity contribution in [3.63, 3.8) is 0 Å². The third-order valence-electron chi connectivity index (χ3n) is 4.74. The number of alkyl halides is 3. The fourth-order valence-electron chi connectivity index (χ4n) is 3.17. The van der Waals surface area contributed by atoms with Gasteiger partial charge in [0.1, 0.15) is 11.5 Å². The van der Waals surface area contributed by atoms with Gasteiger partial charge in [0.05, 0.1) is 10.5 Å². The van der Waals surface area contributed by atoms with Crippen LogP contribution >= 0.6 is 0 Å². The fraction of sp³-hybridized carbons (Fsp3) is 0.643. The van der Waals surface area contributed by atoms with Crippen LogP contribution in [0, 0.1) is 0 Å². The molecule has 0 unspecified atom stereocenters. The minimum Gasteiger partial charge on any atom is -0.356 e. The molecule has 2 heterocycles. The molecule has 1 aliphatic heterocycles. The smallest absolute Gasteiger partial charge is 0.356 e. The Labute approximate surface area is 127 Å². The molecule has 3 rings (SSSR count). The maximum Gasteiger partial charge on any atom is 0.433 e. The molecular formula is C14H17F3N2O2S. The monoisotopic (exact) mass is 334 g/mol. The number of hydrogen-bond acceptors (Lipinski definition) is 4. The number of pyridine rings is 1. The lowest BCUT2D eigenvalue weighted by Crippen LogP contribution is -2.46. The Hall–Kier alpha value is -1.31. The van der Waals surface area contributed by atoms with Crippen molar-refractivity contribution in [1.82, 2.24) is 4.98 Å². The predicted molar refractivity (Wildman–Crippen MR) is 76.4 cm³/mol. The molecule has 0 bridgehead atoms. The summed E-state index contributed by atoms with van der Waals surface area (Å²) in [4.78, 5) is 5.31. The van der Waals surface area contributed by atoms with Crippen LogP contribution in [-0.4, -0.2) is 37.0 Å². The molecule has 0 radical (unpaired) electrons. The zero-order valence-electron chi connectivity index (χ0n) is 11.9. The normalized spacial score (nSPS) is 23.9. The Kier molecular flexibility index (Phi) is 3.62.